The molecule has 1 unspecified atom stereocenters. The van der Waals surface area contributed by atoms with Gasteiger partial charge in [-0.25, -0.2) is 4.98 Å². The molecule has 0 aliphatic carbocycles. The first-order valence-corrected chi connectivity index (χ1v) is 9.76. The van der Waals surface area contributed by atoms with Crippen LogP contribution in [0.5, 0.6) is 0 Å². The first kappa shape index (κ1) is 16.6. The zero-order chi connectivity index (χ0) is 17.1. The molecule has 6 nitrogen and oxygen atoms in total. The smallest absolute Gasteiger partial charge is 0.228 e. The van der Waals surface area contributed by atoms with Crippen LogP contribution in [0.3, 0.4) is 0 Å². The van der Waals surface area contributed by atoms with Crippen LogP contribution in [0.4, 0.5) is 0 Å². The summed E-state index contributed by atoms with van der Waals surface area (Å²) < 4.78 is 0. The van der Waals surface area contributed by atoms with Crippen LogP contribution in [0.25, 0.3) is 10.7 Å². The summed E-state index contributed by atoms with van der Waals surface area (Å²) in [6.07, 6.45) is 3.24. The zero-order valence-corrected chi connectivity index (χ0v) is 15.0. The maximum Gasteiger partial charge on any atom is 0.228 e. The number of amides is 1. The van der Waals surface area contributed by atoms with Gasteiger partial charge in [-0.1, -0.05) is 6.07 Å². The molecule has 4 heterocycles. The third-order valence-electron chi connectivity index (χ3n) is 4.95. The predicted octanol–water partition coefficient (Wildman–Crippen LogP) is 1.25. The number of pyridine rings is 1. The number of likely N-dealkylation sites (tertiary alicyclic amines) is 1. The first-order chi connectivity index (χ1) is 12.3. The second-order valence-corrected chi connectivity index (χ2v) is 7.46. The first-order valence-electron chi connectivity index (χ1n) is 8.88. The van der Waals surface area contributed by atoms with Crippen molar-refractivity contribution in [3.8, 4) is 10.7 Å². The van der Waals surface area contributed by atoms with Crippen LogP contribution in [0.1, 0.15) is 12.1 Å². The molecular weight excluding hydrogens is 334 g/mol. The Balaban J connectivity index is 1.34. The SMILES string of the molecule is O=C(Cc1csc(-c2ccccn2)n1)N1CCC(N2CCNCC2)C1. The van der Waals surface area contributed by atoms with Crippen molar-refractivity contribution in [3.63, 3.8) is 0 Å². The van der Waals surface area contributed by atoms with E-state index in [1.807, 2.05) is 28.5 Å². The van der Waals surface area contributed by atoms with Crippen molar-refractivity contribution in [2.75, 3.05) is 39.3 Å². The second-order valence-electron chi connectivity index (χ2n) is 6.60. The van der Waals surface area contributed by atoms with Gasteiger partial charge in [-0.3, -0.25) is 14.7 Å². The normalized spacial score (nSPS) is 21.6. The summed E-state index contributed by atoms with van der Waals surface area (Å²) in [6.45, 7) is 6.01. The lowest BCUT2D eigenvalue weighted by atomic mass is 10.2. The predicted molar refractivity (Wildman–Crippen MR) is 98.5 cm³/mol. The van der Waals surface area contributed by atoms with Gasteiger partial charge in [0.05, 0.1) is 17.8 Å². The topological polar surface area (TPSA) is 61.4 Å². The number of thiazole rings is 1. The van der Waals surface area contributed by atoms with Crippen molar-refractivity contribution in [3.05, 3.63) is 35.5 Å². The minimum absolute atomic E-state index is 0.190. The molecule has 2 aliphatic heterocycles. The summed E-state index contributed by atoms with van der Waals surface area (Å²) in [5.74, 6) is 0.190. The molecule has 0 aromatic carbocycles. The number of aromatic nitrogens is 2. The van der Waals surface area contributed by atoms with E-state index in [0.29, 0.717) is 12.5 Å². The van der Waals surface area contributed by atoms with Gasteiger partial charge in [0, 0.05) is 56.9 Å². The van der Waals surface area contributed by atoms with Crippen LogP contribution in [-0.2, 0) is 11.2 Å². The van der Waals surface area contributed by atoms with E-state index in [-0.39, 0.29) is 5.91 Å². The molecule has 2 aromatic rings. The summed E-state index contributed by atoms with van der Waals surface area (Å²) in [5, 5.41) is 6.24. The third-order valence-corrected chi connectivity index (χ3v) is 5.87. The minimum atomic E-state index is 0.190. The van der Waals surface area contributed by atoms with Gasteiger partial charge >= 0.3 is 0 Å². The van der Waals surface area contributed by atoms with Gasteiger partial charge in [0.2, 0.25) is 5.91 Å². The number of hydrogen-bond donors (Lipinski definition) is 1. The van der Waals surface area contributed by atoms with Gasteiger partial charge in [-0.2, -0.15) is 0 Å². The molecule has 4 rings (SSSR count). The molecule has 2 aromatic heterocycles. The quantitative estimate of drug-likeness (QED) is 0.892. The molecule has 1 amide bonds. The highest BCUT2D eigenvalue weighted by atomic mass is 32.1. The number of piperazine rings is 1. The maximum absolute atomic E-state index is 12.6. The minimum Gasteiger partial charge on any atom is -0.341 e. The van der Waals surface area contributed by atoms with Crippen LogP contribution in [0.2, 0.25) is 0 Å². The molecule has 2 aliphatic rings. The van der Waals surface area contributed by atoms with Gasteiger partial charge in [-0.05, 0) is 18.6 Å². The van der Waals surface area contributed by atoms with Gasteiger partial charge in [-0.15, -0.1) is 11.3 Å². The van der Waals surface area contributed by atoms with E-state index in [4.69, 9.17) is 0 Å². The molecule has 0 saturated carbocycles. The summed E-state index contributed by atoms with van der Waals surface area (Å²) >= 11 is 1.55. The van der Waals surface area contributed by atoms with E-state index in [2.05, 4.69) is 20.2 Å². The fraction of sp³-hybridized carbons (Fsp3) is 0.500. The fourth-order valence-electron chi connectivity index (χ4n) is 3.58. The second kappa shape index (κ2) is 7.59. The lowest BCUT2D eigenvalue weighted by Gasteiger charge is -2.32. The summed E-state index contributed by atoms with van der Waals surface area (Å²) in [5.41, 5.74) is 1.72. The molecule has 0 radical (unpaired) electrons. The van der Waals surface area contributed by atoms with Gasteiger partial charge in [0.1, 0.15) is 5.01 Å². The Hall–Kier alpha value is -1.83. The van der Waals surface area contributed by atoms with Crippen LogP contribution in [0, 0.1) is 0 Å². The maximum atomic E-state index is 12.6. The number of carbonyl (C=O) groups excluding carboxylic acids is 1. The molecular formula is C18H23N5OS. The van der Waals surface area contributed by atoms with E-state index in [9.17, 15) is 4.79 Å². The standard InChI is InChI=1S/C18H23N5OS/c24-17(23-8-4-15(12-23)22-9-6-19-7-10-22)11-14-13-25-18(21-14)16-3-1-2-5-20-16/h1-3,5,13,15,19H,4,6-12H2. The molecule has 2 saturated heterocycles. The van der Waals surface area contributed by atoms with Gasteiger partial charge in [0.15, 0.2) is 0 Å². The van der Waals surface area contributed by atoms with E-state index >= 15 is 0 Å². The molecule has 0 bridgehead atoms. The largest absolute Gasteiger partial charge is 0.341 e. The Kier molecular flexibility index (Phi) is 5.05. The zero-order valence-electron chi connectivity index (χ0n) is 14.2. The van der Waals surface area contributed by atoms with Gasteiger partial charge in [0.25, 0.3) is 0 Å². The van der Waals surface area contributed by atoms with E-state index in [0.717, 1.165) is 62.1 Å². The Morgan fingerprint density at radius 1 is 1.28 bits per heavy atom. The average Bonchev–Trinajstić information content (AvgIpc) is 3.33. The van der Waals surface area contributed by atoms with Crippen molar-refractivity contribution >= 4 is 17.2 Å². The molecule has 1 N–H and O–H groups in total. The van der Waals surface area contributed by atoms with Crippen LogP contribution >= 0.6 is 11.3 Å². The lowest BCUT2D eigenvalue weighted by Crippen LogP contribution is -2.49. The van der Waals surface area contributed by atoms with Gasteiger partial charge < -0.3 is 10.2 Å². The Bertz CT molecular complexity index is 713. The van der Waals surface area contributed by atoms with Crippen molar-refractivity contribution < 1.29 is 4.79 Å². The van der Waals surface area contributed by atoms with Crippen molar-refractivity contribution in [2.45, 2.75) is 18.9 Å². The summed E-state index contributed by atoms with van der Waals surface area (Å²) in [6, 6.07) is 6.31. The Labute approximate surface area is 151 Å². The number of rotatable bonds is 4. The fourth-order valence-corrected chi connectivity index (χ4v) is 4.37. The van der Waals surface area contributed by atoms with Crippen LogP contribution < -0.4 is 5.32 Å². The highest BCUT2D eigenvalue weighted by molar-refractivity contribution is 7.13. The van der Waals surface area contributed by atoms with Crippen LogP contribution in [0.15, 0.2) is 29.8 Å². The monoisotopic (exact) mass is 357 g/mol. The molecule has 1 atom stereocenters. The number of nitrogens with zero attached hydrogens (tertiary/aromatic N) is 4. The number of carbonyl (C=O) groups is 1. The highest BCUT2D eigenvalue weighted by Gasteiger charge is 2.31. The molecule has 2 fully saturated rings. The van der Waals surface area contributed by atoms with Crippen molar-refractivity contribution in [1.82, 2.24) is 25.1 Å². The molecule has 7 heteroatoms. The summed E-state index contributed by atoms with van der Waals surface area (Å²) in [7, 11) is 0. The van der Waals surface area contributed by atoms with E-state index in [1.54, 1.807) is 17.5 Å². The van der Waals surface area contributed by atoms with E-state index in [1.165, 1.54) is 0 Å². The van der Waals surface area contributed by atoms with Crippen molar-refractivity contribution in [1.29, 1.82) is 0 Å². The highest BCUT2D eigenvalue weighted by Crippen LogP contribution is 2.23. The third kappa shape index (κ3) is 3.89. The number of hydrogen-bond acceptors (Lipinski definition) is 6. The molecule has 25 heavy (non-hydrogen) atoms. The molecule has 132 valence electrons. The van der Waals surface area contributed by atoms with E-state index < -0.39 is 0 Å². The Morgan fingerprint density at radius 3 is 2.96 bits per heavy atom. The Morgan fingerprint density at radius 2 is 2.16 bits per heavy atom. The number of nitrogens with one attached hydrogen (secondary N) is 1. The average molecular weight is 357 g/mol. The summed E-state index contributed by atoms with van der Waals surface area (Å²) in [4.78, 5) is 26.1. The van der Waals surface area contributed by atoms with Crippen LogP contribution in [-0.4, -0.2) is 71.0 Å². The lowest BCUT2D eigenvalue weighted by molar-refractivity contribution is -0.129. The van der Waals surface area contributed by atoms with Crippen molar-refractivity contribution in [2.24, 2.45) is 0 Å². The molecule has 0 spiro atoms.